The highest BCUT2D eigenvalue weighted by molar-refractivity contribution is 7.14. The molecule has 0 aliphatic heterocycles. The minimum Gasteiger partial charge on any atom is -0.379 e. The molecular weight excluding hydrogens is 308 g/mol. The Morgan fingerprint density at radius 3 is 2.95 bits per heavy atom. The van der Waals surface area contributed by atoms with Gasteiger partial charge in [0.2, 0.25) is 0 Å². The fourth-order valence-electron chi connectivity index (χ4n) is 1.89. The number of anilines is 1. The van der Waals surface area contributed by atoms with Crippen molar-refractivity contribution in [2.45, 2.75) is 13.5 Å². The molecule has 0 amide bonds. The molecule has 3 aromatic rings. The van der Waals surface area contributed by atoms with Gasteiger partial charge in [-0.3, -0.25) is 0 Å². The Labute approximate surface area is 131 Å². The van der Waals surface area contributed by atoms with Crippen molar-refractivity contribution in [3.63, 3.8) is 0 Å². The van der Waals surface area contributed by atoms with Gasteiger partial charge < -0.3 is 5.32 Å². The van der Waals surface area contributed by atoms with Crippen LogP contribution in [0.15, 0.2) is 41.2 Å². The van der Waals surface area contributed by atoms with Gasteiger partial charge in [0, 0.05) is 21.9 Å². The lowest BCUT2D eigenvalue weighted by Gasteiger charge is -2.05. The molecule has 5 heteroatoms. The summed E-state index contributed by atoms with van der Waals surface area (Å²) in [5, 5.41) is 8.25. The smallest absolute Gasteiger partial charge is 0.132 e. The number of thiophene rings is 2. The highest BCUT2D eigenvalue weighted by atomic mass is 35.5. The van der Waals surface area contributed by atoms with Crippen molar-refractivity contribution in [1.82, 2.24) is 4.98 Å². The molecule has 0 saturated heterocycles. The molecule has 0 bridgehead atoms. The molecule has 0 unspecified atom stereocenters. The lowest BCUT2D eigenvalue weighted by atomic mass is 10.2. The maximum Gasteiger partial charge on any atom is 0.132 e. The molecule has 0 aliphatic carbocycles. The fraction of sp³-hybridized carbons (Fsp3) is 0.133. The Kier molecular flexibility index (Phi) is 4.05. The standard InChI is InChI=1S/C15H13ClN2S2/c1-10-5-12(7-18-15(10)16)17-8-13-6-11(9-20-13)14-3-2-4-19-14/h2-7,9,17H,8H2,1H3. The number of hydrogen-bond acceptors (Lipinski definition) is 4. The molecule has 0 aliphatic rings. The van der Waals surface area contributed by atoms with Crippen molar-refractivity contribution in [3.05, 3.63) is 56.8 Å². The molecule has 3 aromatic heterocycles. The minimum absolute atomic E-state index is 0.562. The number of halogens is 1. The monoisotopic (exact) mass is 320 g/mol. The molecule has 0 spiro atoms. The normalized spacial score (nSPS) is 10.7. The van der Waals surface area contributed by atoms with Crippen molar-refractivity contribution in [2.24, 2.45) is 0 Å². The van der Waals surface area contributed by atoms with Crippen LogP contribution in [0.25, 0.3) is 10.4 Å². The molecule has 0 radical (unpaired) electrons. The second-order valence-corrected chi connectivity index (χ2v) is 6.77. The van der Waals surface area contributed by atoms with E-state index in [4.69, 9.17) is 11.6 Å². The number of aryl methyl sites for hydroxylation is 1. The maximum atomic E-state index is 5.92. The van der Waals surface area contributed by atoms with Crippen LogP contribution in [0.3, 0.4) is 0 Å². The number of aromatic nitrogens is 1. The molecular formula is C15H13ClN2S2. The largest absolute Gasteiger partial charge is 0.379 e. The SMILES string of the molecule is Cc1cc(NCc2cc(-c3cccs3)cs2)cnc1Cl. The third-order valence-corrected chi connectivity index (χ3v) is 5.19. The zero-order chi connectivity index (χ0) is 13.9. The van der Waals surface area contributed by atoms with Crippen LogP contribution in [0.4, 0.5) is 5.69 Å². The zero-order valence-corrected chi connectivity index (χ0v) is 13.3. The van der Waals surface area contributed by atoms with Crippen molar-refractivity contribution in [3.8, 4) is 10.4 Å². The Hall–Kier alpha value is -1.36. The van der Waals surface area contributed by atoms with Crippen molar-refractivity contribution in [2.75, 3.05) is 5.32 Å². The van der Waals surface area contributed by atoms with Crippen LogP contribution in [-0.4, -0.2) is 4.98 Å². The number of hydrogen-bond donors (Lipinski definition) is 1. The first kappa shape index (κ1) is 13.6. The van der Waals surface area contributed by atoms with Crippen molar-refractivity contribution < 1.29 is 0 Å². The van der Waals surface area contributed by atoms with Crippen LogP contribution in [0, 0.1) is 6.92 Å². The summed E-state index contributed by atoms with van der Waals surface area (Å²) in [6, 6.07) is 8.48. The van der Waals surface area contributed by atoms with E-state index in [9.17, 15) is 0 Å². The molecule has 0 fully saturated rings. The first-order valence-electron chi connectivity index (χ1n) is 6.19. The lowest BCUT2D eigenvalue weighted by Crippen LogP contribution is -1.98. The van der Waals surface area contributed by atoms with Crippen LogP contribution in [-0.2, 0) is 6.54 Å². The molecule has 0 aromatic carbocycles. The van der Waals surface area contributed by atoms with Gasteiger partial charge in [-0.2, -0.15) is 0 Å². The van der Waals surface area contributed by atoms with Gasteiger partial charge in [0.1, 0.15) is 5.15 Å². The number of pyridine rings is 1. The molecule has 0 atom stereocenters. The van der Waals surface area contributed by atoms with Crippen LogP contribution < -0.4 is 5.32 Å². The van der Waals surface area contributed by atoms with Crippen LogP contribution in [0.2, 0.25) is 5.15 Å². The van der Waals surface area contributed by atoms with E-state index >= 15 is 0 Å². The Morgan fingerprint density at radius 1 is 1.30 bits per heavy atom. The van der Waals surface area contributed by atoms with E-state index in [-0.39, 0.29) is 0 Å². The Balaban J connectivity index is 1.68. The highest BCUT2D eigenvalue weighted by Gasteiger charge is 2.04. The average molecular weight is 321 g/mol. The maximum absolute atomic E-state index is 5.92. The van der Waals surface area contributed by atoms with Gasteiger partial charge in [0.05, 0.1) is 11.9 Å². The summed E-state index contributed by atoms with van der Waals surface area (Å²) >= 11 is 9.46. The minimum atomic E-state index is 0.562. The van der Waals surface area contributed by atoms with Gasteiger partial charge in [0.15, 0.2) is 0 Å². The van der Waals surface area contributed by atoms with Gasteiger partial charge >= 0.3 is 0 Å². The quantitative estimate of drug-likeness (QED) is 0.647. The molecule has 0 saturated carbocycles. The summed E-state index contributed by atoms with van der Waals surface area (Å²) in [4.78, 5) is 6.77. The van der Waals surface area contributed by atoms with E-state index in [2.05, 4.69) is 39.3 Å². The first-order chi connectivity index (χ1) is 9.72. The second-order valence-electron chi connectivity index (χ2n) is 4.46. The van der Waals surface area contributed by atoms with Gasteiger partial charge in [-0.1, -0.05) is 17.7 Å². The van der Waals surface area contributed by atoms with Gasteiger partial charge in [-0.05, 0) is 41.4 Å². The summed E-state index contributed by atoms with van der Waals surface area (Å²) in [5.74, 6) is 0. The van der Waals surface area contributed by atoms with E-state index in [0.29, 0.717) is 5.15 Å². The topological polar surface area (TPSA) is 24.9 Å². The molecule has 3 rings (SSSR count). The average Bonchev–Trinajstić information content (AvgIpc) is 3.09. The first-order valence-corrected chi connectivity index (χ1v) is 8.33. The second kappa shape index (κ2) is 5.95. The summed E-state index contributed by atoms with van der Waals surface area (Å²) in [7, 11) is 0. The van der Waals surface area contributed by atoms with Crippen molar-refractivity contribution >= 4 is 40.0 Å². The van der Waals surface area contributed by atoms with E-state index in [1.165, 1.54) is 15.3 Å². The third-order valence-electron chi connectivity index (χ3n) is 2.94. The van der Waals surface area contributed by atoms with E-state index < -0.39 is 0 Å². The molecule has 2 nitrogen and oxygen atoms in total. The van der Waals surface area contributed by atoms with E-state index in [1.807, 2.05) is 13.0 Å². The zero-order valence-electron chi connectivity index (χ0n) is 10.9. The van der Waals surface area contributed by atoms with Crippen molar-refractivity contribution in [1.29, 1.82) is 0 Å². The van der Waals surface area contributed by atoms with Crippen LogP contribution in [0.1, 0.15) is 10.4 Å². The van der Waals surface area contributed by atoms with Gasteiger partial charge in [-0.25, -0.2) is 4.98 Å². The van der Waals surface area contributed by atoms with Gasteiger partial charge in [0.25, 0.3) is 0 Å². The van der Waals surface area contributed by atoms with E-state index in [0.717, 1.165) is 17.8 Å². The highest BCUT2D eigenvalue weighted by Crippen LogP contribution is 2.29. The summed E-state index contributed by atoms with van der Waals surface area (Å²) in [6.07, 6.45) is 1.77. The predicted molar refractivity (Wildman–Crippen MR) is 88.9 cm³/mol. The predicted octanol–water partition coefficient (Wildman–Crippen LogP) is 5.45. The van der Waals surface area contributed by atoms with E-state index in [1.54, 1.807) is 28.9 Å². The molecule has 3 heterocycles. The molecule has 20 heavy (non-hydrogen) atoms. The number of rotatable bonds is 4. The summed E-state index contributed by atoms with van der Waals surface area (Å²) in [5.41, 5.74) is 3.28. The molecule has 102 valence electrons. The lowest BCUT2D eigenvalue weighted by molar-refractivity contribution is 1.16. The Bertz CT molecular complexity index is 704. The fourth-order valence-corrected chi connectivity index (χ4v) is 3.61. The Morgan fingerprint density at radius 2 is 2.20 bits per heavy atom. The number of nitrogens with one attached hydrogen (secondary N) is 1. The third kappa shape index (κ3) is 3.03. The molecule has 1 N–H and O–H groups in total. The summed E-state index contributed by atoms with van der Waals surface area (Å²) < 4.78 is 0. The van der Waals surface area contributed by atoms with Gasteiger partial charge in [-0.15, -0.1) is 22.7 Å². The summed E-state index contributed by atoms with van der Waals surface area (Å²) in [6.45, 7) is 2.76. The van der Waals surface area contributed by atoms with Crippen LogP contribution >= 0.6 is 34.3 Å². The van der Waals surface area contributed by atoms with Crippen LogP contribution in [0.5, 0.6) is 0 Å². The number of nitrogens with zero attached hydrogens (tertiary/aromatic N) is 1.